The predicted octanol–water partition coefficient (Wildman–Crippen LogP) is 2.66. The second-order valence-corrected chi connectivity index (χ2v) is 6.08. The van der Waals surface area contributed by atoms with Gasteiger partial charge in [-0.25, -0.2) is 0 Å². The summed E-state index contributed by atoms with van der Waals surface area (Å²) in [5.41, 5.74) is -0.500. The van der Waals surface area contributed by atoms with Crippen molar-refractivity contribution < 1.29 is 5.11 Å². The number of likely N-dealkylation sites (tertiary alicyclic amines) is 1. The fourth-order valence-electron chi connectivity index (χ4n) is 2.61. The molecule has 0 aromatic heterocycles. The molecule has 1 heterocycles. The average molecular weight is 213 g/mol. The van der Waals surface area contributed by atoms with Gasteiger partial charge in [0, 0.05) is 11.5 Å². The zero-order valence-electron chi connectivity index (χ0n) is 11.0. The van der Waals surface area contributed by atoms with Gasteiger partial charge in [0.2, 0.25) is 0 Å². The maximum absolute atomic E-state index is 10.1. The van der Waals surface area contributed by atoms with Gasteiger partial charge in [-0.15, -0.1) is 0 Å². The number of hydrogen-bond acceptors (Lipinski definition) is 2. The molecule has 15 heavy (non-hydrogen) atoms. The number of piperidine rings is 1. The van der Waals surface area contributed by atoms with Gasteiger partial charge in [0.25, 0.3) is 0 Å². The van der Waals surface area contributed by atoms with Crippen molar-refractivity contribution in [2.24, 2.45) is 5.92 Å². The zero-order valence-corrected chi connectivity index (χ0v) is 11.0. The van der Waals surface area contributed by atoms with E-state index >= 15 is 0 Å². The van der Waals surface area contributed by atoms with E-state index in [1.54, 1.807) is 0 Å². The first-order chi connectivity index (χ1) is 6.76. The summed E-state index contributed by atoms with van der Waals surface area (Å²) in [6, 6.07) is 0. The highest BCUT2D eigenvalue weighted by atomic mass is 16.3. The van der Waals surface area contributed by atoms with Gasteiger partial charge in [-0.1, -0.05) is 13.3 Å². The van der Waals surface area contributed by atoms with Crippen LogP contribution in [0.25, 0.3) is 0 Å². The molecule has 1 N–H and O–H groups in total. The van der Waals surface area contributed by atoms with Gasteiger partial charge < -0.3 is 5.11 Å². The third kappa shape index (κ3) is 2.94. The van der Waals surface area contributed by atoms with E-state index in [0.29, 0.717) is 0 Å². The summed E-state index contributed by atoms with van der Waals surface area (Å²) in [6.45, 7) is 12.9. The van der Waals surface area contributed by atoms with Crippen molar-refractivity contribution in [1.82, 2.24) is 4.90 Å². The summed E-state index contributed by atoms with van der Waals surface area (Å²) in [5, 5.41) is 10.1. The van der Waals surface area contributed by atoms with Crippen molar-refractivity contribution in [1.29, 1.82) is 0 Å². The van der Waals surface area contributed by atoms with E-state index in [2.05, 4.69) is 25.7 Å². The molecule has 0 spiro atoms. The van der Waals surface area contributed by atoms with Gasteiger partial charge in [0.15, 0.2) is 0 Å². The van der Waals surface area contributed by atoms with E-state index in [0.717, 1.165) is 0 Å². The Morgan fingerprint density at radius 2 is 1.47 bits per heavy atom. The van der Waals surface area contributed by atoms with Gasteiger partial charge in [-0.2, -0.15) is 0 Å². The Bertz CT molecular complexity index is 199. The van der Waals surface area contributed by atoms with Crippen LogP contribution in [0, 0.1) is 5.92 Å². The Labute approximate surface area is 94.7 Å². The van der Waals surface area contributed by atoms with E-state index in [4.69, 9.17) is 0 Å². The van der Waals surface area contributed by atoms with Crippen LogP contribution in [0.2, 0.25) is 0 Å². The van der Waals surface area contributed by atoms with E-state index in [9.17, 15) is 5.11 Å². The third-order valence-electron chi connectivity index (χ3n) is 4.29. The SMILES string of the molecule is CC(C(C)(C)O)C(C)(C)N1CCCCC1. The van der Waals surface area contributed by atoms with Crippen LogP contribution in [0.15, 0.2) is 0 Å². The molecule has 0 radical (unpaired) electrons. The van der Waals surface area contributed by atoms with Gasteiger partial charge in [-0.05, 0) is 53.6 Å². The molecule has 0 aromatic rings. The summed E-state index contributed by atoms with van der Waals surface area (Å²) in [4.78, 5) is 2.54. The standard InChI is InChI=1S/C13H27NO/c1-11(13(4,5)15)12(2,3)14-9-7-6-8-10-14/h11,15H,6-10H2,1-5H3. The molecule has 0 aromatic carbocycles. The molecule has 0 saturated carbocycles. The minimum absolute atomic E-state index is 0.0959. The topological polar surface area (TPSA) is 23.5 Å². The van der Waals surface area contributed by atoms with Gasteiger partial charge in [-0.3, -0.25) is 4.90 Å². The van der Waals surface area contributed by atoms with Crippen LogP contribution in [0.5, 0.6) is 0 Å². The lowest BCUT2D eigenvalue weighted by atomic mass is 9.76. The minimum atomic E-state index is -0.596. The predicted molar refractivity (Wildman–Crippen MR) is 65.0 cm³/mol. The largest absolute Gasteiger partial charge is 0.390 e. The van der Waals surface area contributed by atoms with E-state index in [1.165, 1.54) is 32.4 Å². The highest BCUT2D eigenvalue weighted by Gasteiger charge is 2.40. The summed E-state index contributed by atoms with van der Waals surface area (Å²) < 4.78 is 0. The quantitative estimate of drug-likeness (QED) is 0.779. The first-order valence-corrected chi connectivity index (χ1v) is 6.23. The second kappa shape index (κ2) is 4.42. The lowest BCUT2D eigenvalue weighted by Gasteiger charge is -2.48. The monoisotopic (exact) mass is 213 g/mol. The Morgan fingerprint density at radius 3 is 1.87 bits per heavy atom. The normalized spacial score (nSPS) is 22.8. The maximum Gasteiger partial charge on any atom is 0.0634 e. The molecule has 2 nitrogen and oxygen atoms in total. The second-order valence-electron chi connectivity index (χ2n) is 6.08. The molecule has 1 fully saturated rings. The van der Waals surface area contributed by atoms with Gasteiger partial charge in [0.05, 0.1) is 5.60 Å². The fourth-order valence-corrected chi connectivity index (χ4v) is 2.61. The number of nitrogens with zero attached hydrogens (tertiary/aromatic N) is 1. The maximum atomic E-state index is 10.1. The van der Waals surface area contributed by atoms with Gasteiger partial charge in [0.1, 0.15) is 0 Å². The highest BCUT2D eigenvalue weighted by Crippen LogP contribution is 2.34. The van der Waals surface area contributed by atoms with E-state index in [-0.39, 0.29) is 11.5 Å². The molecule has 0 bridgehead atoms. The van der Waals surface area contributed by atoms with Crippen LogP contribution in [-0.4, -0.2) is 34.2 Å². The van der Waals surface area contributed by atoms with Crippen molar-refractivity contribution in [3.63, 3.8) is 0 Å². The first-order valence-electron chi connectivity index (χ1n) is 6.23. The summed E-state index contributed by atoms with van der Waals surface area (Å²) in [6.07, 6.45) is 3.98. The molecule has 1 aliphatic heterocycles. The molecule has 1 aliphatic rings. The van der Waals surface area contributed by atoms with Gasteiger partial charge >= 0.3 is 0 Å². The highest BCUT2D eigenvalue weighted by molar-refractivity contribution is 4.94. The summed E-state index contributed by atoms with van der Waals surface area (Å²) in [5.74, 6) is 0.281. The van der Waals surface area contributed by atoms with E-state index < -0.39 is 5.60 Å². The van der Waals surface area contributed by atoms with Crippen molar-refractivity contribution in [3.8, 4) is 0 Å². The summed E-state index contributed by atoms with van der Waals surface area (Å²) >= 11 is 0. The average Bonchev–Trinajstić information content (AvgIpc) is 2.16. The summed E-state index contributed by atoms with van der Waals surface area (Å²) in [7, 11) is 0. The Hall–Kier alpha value is -0.0800. The Balaban J connectivity index is 2.71. The number of hydrogen-bond donors (Lipinski definition) is 1. The third-order valence-corrected chi connectivity index (χ3v) is 4.29. The van der Waals surface area contributed by atoms with Crippen LogP contribution in [0.4, 0.5) is 0 Å². The molecule has 0 amide bonds. The molecule has 1 atom stereocenters. The van der Waals surface area contributed by atoms with Crippen molar-refractivity contribution in [2.75, 3.05) is 13.1 Å². The smallest absolute Gasteiger partial charge is 0.0634 e. The number of aliphatic hydroxyl groups is 1. The molecule has 90 valence electrons. The molecular weight excluding hydrogens is 186 g/mol. The zero-order chi connectivity index (χ0) is 11.7. The lowest BCUT2D eigenvalue weighted by molar-refractivity contribution is -0.0603. The number of rotatable bonds is 3. The molecular formula is C13H27NO. The van der Waals surface area contributed by atoms with Crippen LogP contribution in [0.3, 0.4) is 0 Å². The lowest BCUT2D eigenvalue weighted by Crippen LogP contribution is -2.56. The Kier molecular flexibility index (Phi) is 3.83. The van der Waals surface area contributed by atoms with Crippen molar-refractivity contribution in [3.05, 3.63) is 0 Å². The van der Waals surface area contributed by atoms with Crippen LogP contribution >= 0.6 is 0 Å². The molecule has 0 aliphatic carbocycles. The molecule has 2 heteroatoms. The van der Waals surface area contributed by atoms with Crippen molar-refractivity contribution >= 4 is 0 Å². The molecule has 1 rings (SSSR count). The van der Waals surface area contributed by atoms with Crippen LogP contribution < -0.4 is 0 Å². The Morgan fingerprint density at radius 1 is 1.00 bits per heavy atom. The minimum Gasteiger partial charge on any atom is -0.390 e. The van der Waals surface area contributed by atoms with Crippen molar-refractivity contribution in [2.45, 2.75) is 65.0 Å². The van der Waals surface area contributed by atoms with Crippen LogP contribution in [0.1, 0.15) is 53.9 Å². The fraction of sp³-hybridized carbons (Fsp3) is 1.00. The first kappa shape index (κ1) is 13.0. The molecule has 1 saturated heterocycles. The molecule has 1 unspecified atom stereocenters. The van der Waals surface area contributed by atoms with E-state index in [1.807, 2.05) is 13.8 Å². The van der Waals surface area contributed by atoms with Crippen LogP contribution in [-0.2, 0) is 0 Å².